The van der Waals surface area contributed by atoms with E-state index in [1.165, 1.54) is 16.7 Å². The van der Waals surface area contributed by atoms with Gasteiger partial charge in [0.1, 0.15) is 0 Å². The van der Waals surface area contributed by atoms with Crippen molar-refractivity contribution in [3.05, 3.63) is 82.8 Å². The number of halogens is 1. The Morgan fingerprint density at radius 2 is 1.46 bits per heavy atom. The molecule has 0 aliphatic heterocycles. The van der Waals surface area contributed by atoms with Crippen molar-refractivity contribution in [3.63, 3.8) is 0 Å². The minimum absolute atomic E-state index is 0.110. The standard InChI is InChI=1S/C22H22BrN/c1-22(2,3)17-13-18(23)15-19(14-17)24-21-12-8-7-11-20(21)16-9-5-4-6-10-16/h4-15,24H,1-3H3. The van der Waals surface area contributed by atoms with E-state index in [2.05, 4.69) is 109 Å². The normalized spacial score (nSPS) is 11.3. The third kappa shape index (κ3) is 3.88. The first-order valence-electron chi connectivity index (χ1n) is 8.16. The van der Waals surface area contributed by atoms with E-state index in [-0.39, 0.29) is 5.41 Å². The highest BCUT2D eigenvalue weighted by molar-refractivity contribution is 9.10. The summed E-state index contributed by atoms with van der Waals surface area (Å²) in [5.41, 5.74) is 6.04. The monoisotopic (exact) mass is 379 g/mol. The lowest BCUT2D eigenvalue weighted by Gasteiger charge is -2.21. The van der Waals surface area contributed by atoms with Crippen LogP contribution in [0.5, 0.6) is 0 Å². The topological polar surface area (TPSA) is 12.0 Å². The molecule has 0 unspecified atom stereocenters. The highest BCUT2D eigenvalue weighted by Gasteiger charge is 2.15. The molecule has 122 valence electrons. The van der Waals surface area contributed by atoms with Gasteiger partial charge < -0.3 is 5.32 Å². The van der Waals surface area contributed by atoms with Crippen LogP contribution in [-0.4, -0.2) is 0 Å². The number of anilines is 2. The van der Waals surface area contributed by atoms with E-state index < -0.39 is 0 Å². The van der Waals surface area contributed by atoms with Crippen LogP contribution < -0.4 is 5.32 Å². The van der Waals surface area contributed by atoms with Gasteiger partial charge in [-0.3, -0.25) is 0 Å². The third-order valence-electron chi connectivity index (χ3n) is 4.05. The lowest BCUT2D eigenvalue weighted by molar-refractivity contribution is 0.590. The van der Waals surface area contributed by atoms with Gasteiger partial charge in [0.05, 0.1) is 0 Å². The molecule has 0 bridgehead atoms. The molecule has 0 atom stereocenters. The SMILES string of the molecule is CC(C)(C)c1cc(Br)cc(Nc2ccccc2-c2ccccc2)c1. The average Bonchev–Trinajstić information content (AvgIpc) is 2.55. The number of para-hydroxylation sites is 1. The van der Waals surface area contributed by atoms with Crippen molar-refractivity contribution in [2.45, 2.75) is 26.2 Å². The predicted octanol–water partition coefficient (Wildman–Crippen LogP) is 7.16. The fraction of sp³-hybridized carbons (Fsp3) is 0.182. The van der Waals surface area contributed by atoms with Crippen LogP contribution >= 0.6 is 15.9 Å². The second-order valence-corrected chi connectivity index (χ2v) is 7.93. The van der Waals surface area contributed by atoms with Crippen LogP contribution in [0.15, 0.2) is 77.3 Å². The maximum atomic E-state index is 3.64. The molecule has 1 N–H and O–H groups in total. The first-order chi connectivity index (χ1) is 11.4. The summed E-state index contributed by atoms with van der Waals surface area (Å²) in [6, 6.07) is 25.4. The molecule has 0 spiro atoms. The fourth-order valence-corrected chi connectivity index (χ4v) is 3.21. The molecule has 0 aliphatic carbocycles. The van der Waals surface area contributed by atoms with E-state index in [1.54, 1.807) is 0 Å². The second-order valence-electron chi connectivity index (χ2n) is 7.02. The van der Waals surface area contributed by atoms with Crippen molar-refractivity contribution in [1.82, 2.24) is 0 Å². The average molecular weight is 380 g/mol. The molecule has 0 saturated heterocycles. The first-order valence-corrected chi connectivity index (χ1v) is 8.95. The predicted molar refractivity (Wildman–Crippen MR) is 108 cm³/mol. The lowest BCUT2D eigenvalue weighted by Crippen LogP contribution is -2.11. The number of benzene rings is 3. The summed E-state index contributed by atoms with van der Waals surface area (Å²) in [4.78, 5) is 0. The molecular weight excluding hydrogens is 358 g/mol. The Morgan fingerprint density at radius 3 is 2.17 bits per heavy atom. The molecule has 0 aliphatic rings. The molecule has 3 rings (SSSR count). The minimum atomic E-state index is 0.110. The number of nitrogens with one attached hydrogen (secondary N) is 1. The minimum Gasteiger partial charge on any atom is -0.355 e. The van der Waals surface area contributed by atoms with Gasteiger partial charge in [0.15, 0.2) is 0 Å². The van der Waals surface area contributed by atoms with Crippen molar-refractivity contribution in [2.24, 2.45) is 0 Å². The molecule has 3 aromatic carbocycles. The van der Waals surface area contributed by atoms with Crippen molar-refractivity contribution < 1.29 is 0 Å². The lowest BCUT2D eigenvalue weighted by atomic mass is 9.87. The van der Waals surface area contributed by atoms with Crippen molar-refractivity contribution in [2.75, 3.05) is 5.32 Å². The van der Waals surface area contributed by atoms with E-state index >= 15 is 0 Å². The van der Waals surface area contributed by atoms with Gasteiger partial charge in [-0.05, 0) is 40.8 Å². The summed E-state index contributed by atoms with van der Waals surface area (Å²) in [5.74, 6) is 0. The molecule has 24 heavy (non-hydrogen) atoms. The summed E-state index contributed by atoms with van der Waals surface area (Å²) in [5, 5.41) is 3.59. The Labute approximate surface area is 152 Å². The van der Waals surface area contributed by atoms with E-state index in [9.17, 15) is 0 Å². The Kier molecular flexibility index (Phi) is 4.77. The van der Waals surface area contributed by atoms with E-state index in [4.69, 9.17) is 0 Å². The van der Waals surface area contributed by atoms with E-state index in [0.717, 1.165) is 15.8 Å². The van der Waals surface area contributed by atoms with Gasteiger partial charge in [-0.1, -0.05) is 85.2 Å². The van der Waals surface area contributed by atoms with Crippen LogP contribution in [0.2, 0.25) is 0 Å². The molecule has 0 fully saturated rings. The van der Waals surface area contributed by atoms with Crippen LogP contribution in [0.25, 0.3) is 11.1 Å². The van der Waals surface area contributed by atoms with Crippen LogP contribution in [0.1, 0.15) is 26.3 Å². The number of hydrogen-bond donors (Lipinski definition) is 1. The quantitative estimate of drug-likeness (QED) is 0.508. The van der Waals surface area contributed by atoms with Gasteiger partial charge in [0.2, 0.25) is 0 Å². The molecule has 0 saturated carbocycles. The molecule has 0 radical (unpaired) electrons. The molecule has 2 heteroatoms. The Morgan fingerprint density at radius 1 is 0.792 bits per heavy atom. The Hall–Kier alpha value is -2.06. The van der Waals surface area contributed by atoms with Gasteiger partial charge in [-0.15, -0.1) is 0 Å². The van der Waals surface area contributed by atoms with Gasteiger partial charge in [0, 0.05) is 21.4 Å². The zero-order valence-electron chi connectivity index (χ0n) is 14.3. The van der Waals surface area contributed by atoms with Crippen LogP contribution in [0.3, 0.4) is 0 Å². The maximum absolute atomic E-state index is 3.64. The van der Waals surface area contributed by atoms with Gasteiger partial charge in [-0.2, -0.15) is 0 Å². The molecule has 0 aromatic heterocycles. The first kappa shape index (κ1) is 16.8. The van der Waals surface area contributed by atoms with Crippen molar-refractivity contribution in [3.8, 4) is 11.1 Å². The zero-order valence-corrected chi connectivity index (χ0v) is 15.9. The number of rotatable bonds is 3. The third-order valence-corrected chi connectivity index (χ3v) is 4.51. The van der Waals surface area contributed by atoms with Gasteiger partial charge in [0.25, 0.3) is 0 Å². The fourth-order valence-electron chi connectivity index (χ4n) is 2.71. The van der Waals surface area contributed by atoms with Crippen molar-refractivity contribution in [1.29, 1.82) is 0 Å². The summed E-state index contributed by atoms with van der Waals surface area (Å²) in [7, 11) is 0. The van der Waals surface area contributed by atoms with E-state index in [1.807, 2.05) is 6.07 Å². The molecule has 0 amide bonds. The van der Waals surface area contributed by atoms with Crippen LogP contribution in [0.4, 0.5) is 11.4 Å². The molecule has 1 nitrogen and oxygen atoms in total. The largest absolute Gasteiger partial charge is 0.355 e. The van der Waals surface area contributed by atoms with Gasteiger partial charge >= 0.3 is 0 Å². The Balaban J connectivity index is 2.00. The zero-order chi connectivity index (χ0) is 17.2. The number of hydrogen-bond acceptors (Lipinski definition) is 1. The summed E-state index contributed by atoms with van der Waals surface area (Å²) >= 11 is 3.64. The maximum Gasteiger partial charge on any atom is 0.0463 e. The van der Waals surface area contributed by atoms with Crippen LogP contribution in [0, 0.1) is 0 Å². The van der Waals surface area contributed by atoms with Crippen molar-refractivity contribution >= 4 is 27.3 Å². The highest BCUT2D eigenvalue weighted by atomic mass is 79.9. The van der Waals surface area contributed by atoms with E-state index in [0.29, 0.717) is 0 Å². The Bertz CT molecular complexity index is 832. The smallest absolute Gasteiger partial charge is 0.0463 e. The summed E-state index contributed by atoms with van der Waals surface area (Å²) in [6.45, 7) is 6.70. The second kappa shape index (κ2) is 6.82. The summed E-state index contributed by atoms with van der Waals surface area (Å²) in [6.07, 6.45) is 0. The van der Waals surface area contributed by atoms with Gasteiger partial charge in [-0.25, -0.2) is 0 Å². The van der Waals surface area contributed by atoms with Crippen LogP contribution in [-0.2, 0) is 5.41 Å². The molecule has 3 aromatic rings. The molecular formula is C22H22BrN. The summed E-state index contributed by atoms with van der Waals surface area (Å²) < 4.78 is 1.09. The highest BCUT2D eigenvalue weighted by Crippen LogP contribution is 2.33. The molecule has 0 heterocycles.